The Balaban J connectivity index is 1.26. The monoisotopic (exact) mass is 366 g/mol. The molecule has 146 valence electrons. The van der Waals surface area contributed by atoms with E-state index < -0.39 is 0 Å². The summed E-state index contributed by atoms with van der Waals surface area (Å²) in [6, 6.07) is 8.96. The molecule has 3 nitrogen and oxygen atoms in total. The molecule has 27 heavy (non-hydrogen) atoms. The summed E-state index contributed by atoms with van der Waals surface area (Å²) in [6.45, 7) is 8.24. The van der Waals surface area contributed by atoms with Crippen molar-refractivity contribution in [1.29, 1.82) is 0 Å². The van der Waals surface area contributed by atoms with Gasteiger partial charge in [0.25, 0.3) is 0 Å². The first-order valence-corrected chi connectivity index (χ1v) is 11.2. The molecular weight excluding hydrogens is 332 g/mol. The van der Waals surface area contributed by atoms with Crippen LogP contribution in [0.5, 0.6) is 0 Å². The minimum Gasteiger partial charge on any atom is -0.368 e. The zero-order valence-corrected chi connectivity index (χ0v) is 17.0. The van der Waals surface area contributed by atoms with Crippen LogP contribution in [-0.4, -0.2) is 37.0 Å². The van der Waals surface area contributed by atoms with Crippen molar-refractivity contribution in [2.24, 2.45) is 23.2 Å². The predicted molar refractivity (Wildman–Crippen MR) is 110 cm³/mol. The fraction of sp³-hybridized carbons (Fsp3) is 0.708. The third-order valence-corrected chi connectivity index (χ3v) is 7.96. The van der Waals surface area contributed by atoms with E-state index in [1.807, 2.05) is 0 Å². The average molecular weight is 367 g/mol. The second-order valence-electron chi connectivity index (χ2n) is 10.2. The standard InChI is InChI=1S/C24H34N2O/c1-17(2)21-4-3-5-22(13-21)25-6-8-26(9-7-25)23(27)24-14-18-10-19(15-24)12-20(11-18)16-24/h3-5,13,17-20H,6-12,14-16H2,1-2H3. The van der Waals surface area contributed by atoms with Crippen molar-refractivity contribution in [3.05, 3.63) is 29.8 Å². The predicted octanol–water partition coefficient (Wildman–Crippen LogP) is 4.68. The maximum absolute atomic E-state index is 13.5. The maximum atomic E-state index is 13.5. The van der Waals surface area contributed by atoms with E-state index in [1.54, 1.807) is 0 Å². The van der Waals surface area contributed by atoms with Gasteiger partial charge in [-0.2, -0.15) is 0 Å². The zero-order valence-electron chi connectivity index (χ0n) is 17.0. The number of carbonyl (C=O) groups is 1. The van der Waals surface area contributed by atoms with Crippen molar-refractivity contribution >= 4 is 11.6 Å². The lowest BCUT2D eigenvalue weighted by atomic mass is 9.49. The Bertz CT molecular complexity index is 682. The van der Waals surface area contributed by atoms with Gasteiger partial charge < -0.3 is 9.80 Å². The molecule has 5 aliphatic rings. The van der Waals surface area contributed by atoms with Crippen LogP contribution in [0.2, 0.25) is 0 Å². The van der Waals surface area contributed by atoms with Gasteiger partial charge in [0.05, 0.1) is 5.41 Å². The highest BCUT2D eigenvalue weighted by atomic mass is 16.2. The Morgan fingerprint density at radius 3 is 2.11 bits per heavy atom. The molecule has 1 aromatic rings. The molecule has 4 bridgehead atoms. The molecule has 1 aliphatic heterocycles. The smallest absolute Gasteiger partial charge is 0.228 e. The van der Waals surface area contributed by atoms with Gasteiger partial charge in [-0.3, -0.25) is 4.79 Å². The van der Waals surface area contributed by atoms with Crippen LogP contribution < -0.4 is 4.90 Å². The number of rotatable bonds is 3. The number of amides is 1. The van der Waals surface area contributed by atoms with Crippen molar-refractivity contribution in [2.75, 3.05) is 31.1 Å². The third-order valence-electron chi connectivity index (χ3n) is 7.96. The van der Waals surface area contributed by atoms with Crippen LogP contribution in [0.1, 0.15) is 63.9 Å². The van der Waals surface area contributed by atoms with Gasteiger partial charge in [-0.15, -0.1) is 0 Å². The van der Waals surface area contributed by atoms with Crippen LogP contribution in [0, 0.1) is 23.2 Å². The fourth-order valence-electron chi connectivity index (χ4n) is 6.96. The quantitative estimate of drug-likeness (QED) is 0.776. The first-order chi connectivity index (χ1) is 13.0. The molecule has 0 unspecified atom stereocenters. The topological polar surface area (TPSA) is 23.6 Å². The van der Waals surface area contributed by atoms with Gasteiger partial charge in [0.2, 0.25) is 5.91 Å². The van der Waals surface area contributed by atoms with Crippen LogP contribution in [0.3, 0.4) is 0 Å². The van der Waals surface area contributed by atoms with E-state index in [1.165, 1.54) is 49.8 Å². The number of hydrogen-bond acceptors (Lipinski definition) is 2. The summed E-state index contributed by atoms with van der Waals surface area (Å²) in [6.07, 6.45) is 7.79. The van der Waals surface area contributed by atoms with Gasteiger partial charge in [-0.1, -0.05) is 26.0 Å². The van der Waals surface area contributed by atoms with Gasteiger partial charge in [0, 0.05) is 31.9 Å². The molecule has 1 amide bonds. The number of hydrogen-bond donors (Lipinski definition) is 0. The summed E-state index contributed by atoms with van der Waals surface area (Å²) in [5.41, 5.74) is 2.75. The molecule has 4 saturated carbocycles. The van der Waals surface area contributed by atoms with Gasteiger partial charge in [-0.05, 0) is 79.9 Å². The largest absolute Gasteiger partial charge is 0.368 e. The van der Waals surface area contributed by atoms with E-state index in [-0.39, 0.29) is 5.41 Å². The molecule has 0 atom stereocenters. The summed E-state index contributed by atoms with van der Waals surface area (Å²) in [7, 11) is 0. The SMILES string of the molecule is CC(C)c1cccc(N2CCN(C(=O)C34CC5CC(CC(C5)C3)C4)CC2)c1. The number of nitrogens with zero attached hydrogens (tertiary/aromatic N) is 2. The lowest BCUT2D eigenvalue weighted by Crippen LogP contribution is -2.58. The lowest BCUT2D eigenvalue weighted by Gasteiger charge is -2.57. The Morgan fingerprint density at radius 1 is 0.963 bits per heavy atom. The number of piperazine rings is 1. The highest BCUT2D eigenvalue weighted by Crippen LogP contribution is 2.60. The molecule has 0 spiro atoms. The molecule has 4 aliphatic carbocycles. The van der Waals surface area contributed by atoms with Crippen LogP contribution in [0.15, 0.2) is 24.3 Å². The fourth-order valence-corrected chi connectivity index (χ4v) is 6.96. The van der Waals surface area contributed by atoms with E-state index in [0.717, 1.165) is 43.9 Å². The molecule has 6 rings (SSSR count). The van der Waals surface area contributed by atoms with Gasteiger partial charge in [0.15, 0.2) is 0 Å². The van der Waals surface area contributed by atoms with Crippen molar-refractivity contribution < 1.29 is 4.79 Å². The minimum atomic E-state index is 0.0223. The van der Waals surface area contributed by atoms with E-state index in [4.69, 9.17) is 0 Å². The summed E-state index contributed by atoms with van der Waals surface area (Å²) in [5, 5.41) is 0. The normalized spacial score (nSPS) is 35.1. The third kappa shape index (κ3) is 3.07. The second-order valence-corrected chi connectivity index (χ2v) is 10.2. The van der Waals surface area contributed by atoms with Crippen LogP contribution in [0.25, 0.3) is 0 Å². The summed E-state index contributed by atoms with van der Waals surface area (Å²) >= 11 is 0. The van der Waals surface area contributed by atoms with Crippen LogP contribution in [-0.2, 0) is 4.79 Å². The van der Waals surface area contributed by atoms with E-state index in [0.29, 0.717) is 11.8 Å². The van der Waals surface area contributed by atoms with Gasteiger partial charge in [0.1, 0.15) is 0 Å². The van der Waals surface area contributed by atoms with Crippen molar-refractivity contribution in [3.63, 3.8) is 0 Å². The number of anilines is 1. The number of carbonyl (C=O) groups excluding carboxylic acids is 1. The van der Waals surface area contributed by atoms with Gasteiger partial charge in [-0.25, -0.2) is 0 Å². The average Bonchev–Trinajstić information content (AvgIpc) is 2.66. The van der Waals surface area contributed by atoms with Crippen LogP contribution in [0.4, 0.5) is 5.69 Å². The van der Waals surface area contributed by atoms with Crippen molar-refractivity contribution in [3.8, 4) is 0 Å². The molecule has 0 radical (unpaired) electrons. The molecule has 3 heteroatoms. The van der Waals surface area contributed by atoms with Crippen LogP contribution >= 0.6 is 0 Å². The first-order valence-electron chi connectivity index (χ1n) is 11.2. The Morgan fingerprint density at radius 2 is 1.56 bits per heavy atom. The lowest BCUT2D eigenvalue weighted by molar-refractivity contribution is -0.158. The Hall–Kier alpha value is -1.51. The van der Waals surface area contributed by atoms with Crippen molar-refractivity contribution in [1.82, 2.24) is 4.90 Å². The highest BCUT2D eigenvalue weighted by molar-refractivity contribution is 5.83. The molecular formula is C24H34N2O. The molecule has 0 N–H and O–H groups in total. The Labute approximate surface area is 164 Å². The molecule has 1 aromatic carbocycles. The first kappa shape index (κ1) is 17.6. The summed E-state index contributed by atoms with van der Waals surface area (Å²) in [4.78, 5) is 18.2. The second kappa shape index (κ2) is 6.53. The summed E-state index contributed by atoms with van der Waals surface area (Å²) < 4.78 is 0. The van der Waals surface area contributed by atoms with Crippen molar-refractivity contribution in [2.45, 2.75) is 58.3 Å². The van der Waals surface area contributed by atoms with E-state index in [2.05, 4.69) is 47.9 Å². The van der Waals surface area contributed by atoms with E-state index >= 15 is 0 Å². The number of benzene rings is 1. The molecule has 1 heterocycles. The zero-order chi connectivity index (χ0) is 18.6. The molecule has 0 aromatic heterocycles. The summed E-state index contributed by atoms with van der Waals surface area (Å²) in [5.74, 6) is 3.61. The minimum absolute atomic E-state index is 0.0223. The molecule has 1 saturated heterocycles. The Kier molecular flexibility index (Phi) is 4.25. The van der Waals surface area contributed by atoms with Gasteiger partial charge >= 0.3 is 0 Å². The maximum Gasteiger partial charge on any atom is 0.228 e. The molecule has 5 fully saturated rings. The van der Waals surface area contributed by atoms with E-state index in [9.17, 15) is 4.79 Å². The highest BCUT2D eigenvalue weighted by Gasteiger charge is 2.55.